The minimum absolute atomic E-state index is 0.0771. The summed E-state index contributed by atoms with van der Waals surface area (Å²) in [5, 5.41) is 2.79. The molecule has 1 amide bonds. The molecule has 0 aliphatic rings. The molecule has 2 N–H and O–H groups in total. The van der Waals surface area contributed by atoms with E-state index < -0.39 is 10.0 Å². The molecule has 7 nitrogen and oxygen atoms in total. The minimum atomic E-state index is -3.75. The normalized spacial score (nSPS) is 11.3. The molecule has 2 aromatic carbocycles. The summed E-state index contributed by atoms with van der Waals surface area (Å²) in [5.74, 6) is 0.416. The first-order chi connectivity index (χ1) is 13.8. The third kappa shape index (κ3) is 7.40. The Hall–Kier alpha value is -2.58. The second-order valence-corrected chi connectivity index (χ2v) is 8.30. The van der Waals surface area contributed by atoms with Crippen LogP contribution in [0.15, 0.2) is 53.4 Å². The molecular formula is C21H28N2O5S. The number of anilines is 1. The Kier molecular flexibility index (Phi) is 8.48. The fraction of sp³-hybridized carbons (Fsp3) is 0.381. The molecule has 0 fully saturated rings. The van der Waals surface area contributed by atoms with E-state index in [-0.39, 0.29) is 16.9 Å². The van der Waals surface area contributed by atoms with Gasteiger partial charge in [-0.3, -0.25) is 9.52 Å². The van der Waals surface area contributed by atoms with Crippen LogP contribution in [-0.2, 0) is 14.8 Å². The number of hydrogen-bond donors (Lipinski definition) is 2. The van der Waals surface area contributed by atoms with Crippen molar-refractivity contribution in [3.05, 3.63) is 54.1 Å². The van der Waals surface area contributed by atoms with Crippen LogP contribution in [0.1, 0.15) is 37.6 Å². The lowest BCUT2D eigenvalue weighted by Crippen LogP contribution is -2.25. The standard InChI is InChI=1S/C21H28N2O5S/c1-4-27-19-10-8-18(9-11-19)23-29(25,26)20-12-6-17(7-13-20)21(24)22-14-5-15-28-16(2)3/h6-13,16,23H,4-5,14-15H2,1-3H3,(H,22,24). The maximum absolute atomic E-state index is 12.5. The predicted octanol–water partition coefficient (Wildman–Crippen LogP) is 3.43. The van der Waals surface area contributed by atoms with Crippen molar-refractivity contribution < 1.29 is 22.7 Å². The highest BCUT2D eigenvalue weighted by Crippen LogP contribution is 2.20. The number of rotatable bonds is 11. The summed E-state index contributed by atoms with van der Waals surface area (Å²) in [6.07, 6.45) is 0.874. The van der Waals surface area contributed by atoms with E-state index in [0.29, 0.717) is 43.2 Å². The summed E-state index contributed by atoms with van der Waals surface area (Å²) in [6.45, 7) is 7.40. The van der Waals surface area contributed by atoms with Crippen LogP contribution in [0, 0.1) is 0 Å². The highest BCUT2D eigenvalue weighted by Gasteiger charge is 2.15. The molecule has 0 saturated carbocycles. The Morgan fingerprint density at radius 2 is 1.69 bits per heavy atom. The first-order valence-corrected chi connectivity index (χ1v) is 11.1. The predicted molar refractivity (Wildman–Crippen MR) is 113 cm³/mol. The number of nitrogens with one attached hydrogen (secondary N) is 2. The highest BCUT2D eigenvalue weighted by molar-refractivity contribution is 7.92. The third-order valence-corrected chi connectivity index (χ3v) is 5.30. The van der Waals surface area contributed by atoms with Gasteiger partial charge in [0.25, 0.3) is 15.9 Å². The second kappa shape index (κ2) is 10.8. The molecule has 2 aromatic rings. The molecule has 0 unspecified atom stereocenters. The van der Waals surface area contributed by atoms with Crippen molar-refractivity contribution in [1.29, 1.82) is 0 Å². The fourth-order valence-corrected chi connectivity index (χ4v) is 3.54. The molecule has 8 heteroatoms. The van der Waals surface area contributed by atoms with Gasteiger partial charge < -0.3 is 14.8 Å². The van der Waals surface area contributed by atoms with Crippen LogP contribution < -0.4 is 14.8 Å². The number of ether oxygens (including phenoxy) is 2. The summed E-state index contributed by atoms with van der Waals surface area (Å²) in [4.78, 5) is 12.2. The van der Waals surface area contributed by atoms with Crippen molar-refractivity contribution in [3.63, 3.8) is 0 Å². The van der Waals surface area contributed by atoms with E-state index in [1.165, 1.54) is 24.3 Å². The zero-order valence-corrected chi connectivity index (χ0v) is 17.8. The van der Waals surface area contributed by atoms with Crippen LogP contribution in [-0.4, -0.2) is 40.2 Å². The molecular weight excluding hydrogens is 392 g/mol. The number of hydrogen-bond acceptors (Lipinski definition) is 5. The molecule has 2 rings (SSSR count). The first kappa shape index (κ1) is 22.7. The Morgan fingerprint density at radius 3 is 2.28 bits per heavy atom. The van der Waals surface area contributed by atoms with E-state index >= 15 is 0 Å². The highest BCUT2D eigenvalue weighted by atomic mass is 32.2. The first-order valence-electron chi connectivity index (χ1n) is 9.57. The minimum Gasteiger partial charge on any atom is -0.494 e. The maximum Gasteiger partial charge on any atom is 0.261 e. The Balaban J connectivity index is 1.92. The van der Waals surface area contributed by atoms with Gasteiger partial charge in [0.05, 0.1) is 17.6 Å². The van der Waals surface area contributed by atoms with Crippen LogP contribution in [0.25, 0.3) is 0 Å². The Morgan fingerprint density at radius 1 is 1.03 bits per heavy atom. The smallest absolute Gasteiger partial charge is 0.261 e. The van der Waals surface area contributed by atoms with Crippen LogP contribution in [0.5, 0.6) is 5.75 Å². The van der Waals surface area contributed by atoms with Crippen LogP contribution in [0.2, 0.25) is 0 Å². The lowest BCUT2D eigenvalue weighted by molar-refractivity contribution is 0.0757. The van der Waals surface area contributed by atoms with Gasteiger partial charge in [0, 0.05) is 24.4 Å². The molecule has 0 radical (unpaired) electrons. The van der Waals surface area contributed by atoms with E-state index in [9.17, 15) is 13.2 Å². The zero-order valence-electron chi connectivity index (χ0n) is 17.0. The molecule has 0 aromatic heterocycles. The van der Waals surface area contributed by atoms with Gasteiger partial charge in [0.1, 0.15) is 5.75 Å². The average molecular weight is 421 g/mol. The van der Waals surface area contributed by atoms with Crippen molar-refractivity contribution >= 4 is 21.6 Å². The number of amides is 1. The van der Waals surface area contributed by atoms with Gasteiger partial charge in [0.2, 0.25) is 0 Å². The average Bonchev–Trinajstić information content (AvgIpc) is 2.69. The molecule has 0 spiro atoms. The molecule has 29 heavy (non-hydrogen) atoms. The SMILES string of the molecule is CCOc1ccc(NS(=O)(=O)c2ccc(C(=O)NCCCOC(C)C)cc2)cc1. The van der Waals surface area contributed by atoms with Crippen LogP contribution in [0.3, 0.4) is 0 Å². The van der Waals surface area contributed by atoms with Crippen molar-refractivity contribution in [2.24, 2.45) is 0 Å². The van der Waals surface area contributed by atoms with Gasteiger partial charge in [-0.05, 0) is 75.7 Å². The summed E-state index contributed by atoms with van der Waals surface area (Å²) in [7, 11) is -3.75. The van der Waals surface area contributed by atoms with Gasteiger partial charge in [-0.2, -0.15) is 0 Å². The molecule has 0 aliphatic heterocycles. The van der Waals surface area contributed by atoms with Crippen LogP contribution in [0.4, 0.5) is 5.69 Å². The molecule has 0 heterocycles. The van der Waals surface area contributed by atoms with Crippen molar-refractivity contribution in [2.75, 3.05) is 24.5 Å². The van der Waals surface area contributed by atoms with Gasteiger partial charge in [-0.1, -0.05) is 0 Å². The zero-order chi connectivity index (χ0) is 21.3. The van der Waals surface area contributed by atoms with Gasteiger partial charge in [-0.25, -0.2) is 8.42 Å². The number of carbonyl (C=O) groups is 1. The number of carbonyl (C=O) groups excluding carboxylic acids is 1. The maximum atomic E-state index is 12.5. The lowest BCUT2D eigenvalue weighted by atomic mass is 10.2. The lowest BCUT2D eigenvalue weighted by Gasteiger charge is -2.10. The van der Waals surface area contributed by atoms with E-state index in [1.54, 1.807) is 24.3 Å². The van der Waals surface area contributed by atoms with E-state index in [2.05, 4.69) is 10.0 Å². The van der Waals surface area contributed by atoms with Crippen molar-refractivity contribution in [3.8, 4) is 5.75 Å². The van der Waals surface area contributed by atoms with Crippen LogP contribution >= 0.6 is 0 Å². The Bertz CT molecular complexity index is 878. The summed E-state index contributed by atoms with van der Waals surface area (Å²) >= 11 is 0. The number of sulfonamides is 1. The van der Waals surface area contributed by atoms with E-state index in [1.807, 2.05) is 20.8 Å². The topological polar surface area (TPSA) is 93.7 Å². The van der Waals surface area contributed by atoms with Gasteiger partial charge >= 0.3 is 0 Å². The van der Waals surface area contributed by atoms with Gasteiger partial charge in [-0.15, -0.1) is 0 Å². The van der Waals surface area contributed by atoms with Crippen molar-refractivity contribution in [2.45, 2.75) is 38.2 Å². The molecule has 158 valence electrons. The molecule has 0 bridgehead atoms. The van der Waals surface area contributed by atoms with E-state index in [4.69, 9.17) is 9.47 Å². The summed E-state index contributed by atoms with van der Waals surface area (Å²) in [5.41, 5.74) is 0.827. The monoisotopic (exact) mass is 420 g/mol. The van der Waals surface area contributed by atoms with Gasteiger partial charge in [0.15, 0.2) is 0 Å². The quantitative estimate of drug-likeness (QED) is 0.543. The van der Waals surface area contributed by atoms with Crippen molar-refractivity contribution in [1.82, 2.24) is 5.32 Å². The van der Waals surface area contributed by atoms with E-state index in [0.717, 1.165) is 0 Å². The Labute approximate surface area is 172 Å². The molecule has 0 atom stereocenters. The number of benzene rings is 2. The fourth-order valence-electron chi connectivity index (χ4n) is 2.48. The molecule has 0 saturated heterocycles. The largest absolute Gasteiger partial charge is 0.494 e. The second-order valence-electron chi connectivity index (χ2n) is 6.62. The summed E-state index contributed by atoms with van der Waals surface area (Å²) in [6, 6.07) is 12.5. The third-order valence-electron chi connectivity index (χ3n) is 3.90. The molecule has 0 aliphatic carbocycles. The summed E-state index contributed by atoms with van der Waals surface area (Å²) < 4.78 is 38.3.